The molecule has 0 radical (unpaired) electrons. The monoisotopic (exact) mass is 358 g/mol. The van der Waals surface area contributed by atoms with Crippen LogP contribution in [-0.4, -0.2) is 16.9 Å². The number of carbonyl (C=O) groups is 2. The number of carboxylic acid groups (broad SMARTS) is 1. The fourth-order valence-corrected chi connectivity index (χ4v) is 6.30. The smallest absolute Gasteiger partial charge is 0.303 e. The van der Waals surface area contributed by atoms with Gasteiger partial charge in [0.25, 0.3) is 0 Å². The number of carbonyl (C=O) groups excluding carboxylic acids is 1. The minimum absolute atomic E-state index is 0.289. The van der Waals surface area contributed by atoms with Crippen LogP contribution in [0.5, 0.6) is 0 Å². The molecule has 3 aliphatic carbocycles. The maximum absolute atomic E-state index is 11.8. The number of hydrogen-bond donors (Lipinski definition) is 1. The maximum atomic E-state index is 11.8. The Morgan fingerprint density at radius 2 is 2.12 bits per heavy atom. The van der Waals surface area contributed by atoms with Gasteiger partial charge in [-0.1, -0.05) is 38.8 Å². The van der Waals surface area contributed by atoms with Gasteiger partial charge in [-0.25, -0.2) is 0 Å². The molecule has 0 saturated heterocycles. The number of fused-ring (bicyclic) bond motifs is 3. The number of ketones is 1. The molecule has 1 fully saturated rings. The molecule has 0 bridgehead atoms. The summed E-state index contributed by atoms with van der Waals surface area (Å²) in [5, 5.41) is 9.06. The van der Waals surface area contributed by atoms with Crippen molar-refractivity contribution in [3.63, 3.8) is 0 Å². The second-order valence-corrected chi connectivity index (χ2v) is 8.75. The van der Waals surface area contributed by atoms with Crippen molar-refractivity contribution in [2.75, 3.05) is 0 Å². The number of aliphatic carboxylic acids is 1. The van der Waals surface area contributed by atoms with Crippen molar-refractivity contribution in [3.05, 3.63) is 23.8 Å². The Labute approximate surface area is 157 Å². The third-order valence-corrected chi connectivity index (χ3v) is 7.58. The van der Waals surface area contributed by atoms with Gasteiger partial charge in [0.15, 0.2) is 5.78 Å². The summed E-state index contributed by atoms with van der Waals surface area (Å²) in [5.74, 6) is 2.11. The Morgan fingerprint density at radius 1 is 1.31 bits per heavy atom. The molecule has 5 atom stereocenters. The van der Waals surface area contributed by atoms with Crippen LogP contribution in [0.2, 0.25) is 0 Å². The van der Waals surface area contributed by atoms with Crippen molar-refractivity contribution in [2.45, 2.75) is 78.1 Å². The van der Waals surface area contributed by atoms with E-state index in [1.165, 1.54) is 31.3 Å². The average Bonchev–Trinajstić information content (AvgIpc) is 2.62. The predicted molar refractivity (Wildman–Crippen MR) is 104 cm³/mol. The van der Waals surface area contributed by atoms with E-state index in [9.17, 15) is 9.59 Å². The van der Waals surface area contributed by atoms with E-state index in [2.05, 4.69) is 26.0 Å². The fourth-order valence-electron chi connectivity index (χ4n) is 6.30. The third-order valence-electron chi connectivity index (χ3n) is 7.58. The van der Waals surface area contributed by atoms with Crippen LogP contribution in [0, 0.1) is 29.1 Å². The zero-order valence-corrected chi connectivity index (χ0v) is 16.4. The van der Waals surface area contributed by atoms with Crippen molar-refractivity contribution < 1.29 is 14.7 Å². The molecule has 0 heterocycles. The van der Waals surface area contributed by atoms with E-state index < -0.39 is 5.97 Å². The Kier molecular flexibility index (Phi) is 6.04. The second kappa shape index (κ2) is 8.10. The summed E-state index contributed by atoms with van der Waals surface area (Å²) < 4.78 is 0. The topological polar surface area (TPSA) is 54.4 Å². The Balaban J connectivity index is 1.85. The first kappa shape index (κ1) is 19.4. The highest BCUT2D eigenvalue weighted by Crippen LogP contribution is 2.58. The molecule has 0 aromatic carbocycles. The highest BCUT2D eigenvalue weighted by atomic mass is 16.4. The van der Waals surface area contributed by atoms with Crippen molar-refractivity contribution in [1.29, 1.82) is 0 Å². The van der Waals surface area contributed by atoms with E-state index >= 15 is 0 Å². The van der Waals surface area contributed by atoms with Crippen molar-refractivity contribution >= 4 is 11.8 Å². The van der Waals surface area contributed by atoms with Gasteiger partial charge in [-0.3, -0.25) is 9.59 Å². The molecule has 3 heteroatoms. The summed E-state index contributed by atoms with van der Waals surface area (Å²) in [6.07, 6.45) is 16.4. The van der Waals surface area contributed by atoms with Gasteiger partial charge < -0.3 is 5.11 Å². The largest absolute Gasteiger partial charge is 0.481 e. The Hall–Kier alpha value is -1.38. The first-order valence-corrected chi connectivity index (χ1v) is 10.6. The molecule has 0 aliphatic heterocycles. The van der Waals surface area contributed by atoms with Crippen LogP contribution in [0.3, 0.4) is 0 Å². The van der Waals surface area contributed by atoms with Crippen molar-refractivity contribution in [1.82, 2.24) is 0 Å². The summed E-state index contributed by atoms with van der Waals surface area (Å²) in [6.45, 7) is 4.58. The number of allylic oxidation sites excluding steroid dienone is 4. The summed E-state index contributed by atoms with van der Waals surface area (Å²) in [5.41, 5.74) is 1.57. The first-order valence-electron chi connectivity index (χ1n) is 10.6. The van der Waals surface area contributed by atoms with Crippen molar-refractivity contribution in [2.24, 2.45) is 29.1 Å². The van der Waals surface area contributed by atoms with Gasteiger partial charge in [0, 0.05) is 12.8 Å². The predicted octanol–water partition coefficient (Wildman–Crippen LogP) is 5.56. The third kappa shape index (κ3) is 3.68. The molecule has 0 spiro atoms. The molecule has 1 N–H and O–H groups in total. The van der Waals surface area contributed by atoms with Gasteiger partial charge in [-0.15, -0.1) is 0 Å². The maximum Gasteiger partial charge on any atom is 0.303 e. The van der Waals surface area contributed by atoms with E-state index in [0.717, 1.165) is 25.7 Å². The molecule has 0 aromatic heterocycles. The van der Waals surface area contributed by atoms with E-state index in [4.69, 9.17) is 5.11 Å². The van der Waals surface area contributed by atoms with Crippen LogP contribution >= 0.6 is 0 Å². The van der Waals surface area contributed by atoms with E-state index in [1.807, 2.05) is 6.08 Å². The lowest BCUT2D eigenvalue weighted by Gasteiger charge is -2.54. The summed E-state index contributed by atoms with van der Waals surface area (Å²) in [6, 6.07) is 0. The molecule has 144 valence electrons. The number of carboxylic acids is 1. The zero-order chi connectivity index (χ0) is 18.7. The Morgan fingerprint density at radius 3 is 2.81 bits per heavy atom. The second-order valence-electron chi connectivity index (χ2n) is 8.75. The van der Waals surface area contributed by atoms with Gasteiger partial charge in [-0.05, 0) is 79.3 Å². The van der Waals surface area contributed by atoms with Gasteiger partial charge >= 0.3 is 5.97 Å². The minimum Gasteiger partial charge on any atom is -0.481 e. The van der Waals surface area contributed by atoms with Crippen LogP contribution in [-0.2, 0) is 9.59 Å². The molecule has 1 saturated carbocycles. The molecule has 0 amide bonds. The summed E-state index contributed by atoms with van der Waals surface area (Å²) in [4.78, 5) is 22.8. The quantitative estimate of drug-likeness (QED) is 0.648. The highest BCUT2D eigenvalue weighted by Gasteiger charge is 2.49. The normalized spacial score (nSPS) is 36.2. The van der Waals surface area contributed by atoms with Crippen LogP contribution in [0.4, 0.5) is 0 Å². The van der Waals surface area contributed by atoms with Crippen molar-refractivity contribution in [3.8, 4) is 0 Å². The standard InChI is InChI=1S/C23H34O3/c1-3-6-21-20-10-8-16-15-17(24)9-11-18(16)19(20)12-14-23(21,4-2)13-5-7-22(25)26/h8,10,15,18-21H,3-7,9,11-14H2,1-2H3,(H,25,26). The van der Waals surface area contributed by atoms with E-state index in [-0.39, 0.29) is 5.78 Å². The molecule has 5 unspecified atom stereocenters. The first-order chi connectivity index (χ1) is 12.5. The molecule has 3 aliphatic rings. The fraction of sp³-hybridized carbons (Fsp3) is 0.739. The SMILES string of the molecule is CCCC1C2C=CC3=CC(=O)CCC3C2CCC1(CC)CCCC(=O)O. The number of hydrogen-bond acceptors (Lipinski definition) is 2. The summed E-state index contributed by atoms with van der Waals surface area (Å²) >= 11 is 0. The average molecular weight is 359 g/mol. The molecule has 3 nitrogen and oxygen atoms in total. The van der Waals surface area contributed by atoms with E-state index in [0.29, 0.717) is 41.9 Å². The Bertz CT molecular complexity index is 603. The molecule has 0 aromatic rings. The van der Waals surface area contributed by atoms with Crippen LogP contribution < -0.4 is 0 Å². The molecule has 26 heavy (non-hydrogen) atoms. The van der Waals surface area contributed by atoms with E-state index in [1.54, 1.807) is 0 Å². The molecular weight excluding hydrogens is 324 g/mol. The molecule has 3 rings (SSSR count). The van der Waals surface area contributed by atoms with Gasteiger partial charge in [0.05, 0.1) is 0 Å². The lowest BCUT2D eigenvalue weighted by atomic mass is 9.50. The number of rotatable bonds is 7. The molecular formula is C23H34O3. The van der Waals surface area contributed by atoms with Gasteiger partial charge in [0.1, 0.15) is 0 Å². The van der Waals surface area contributed by atoms with Gasteiger partial charge in [-0.2, -0.15) is 0 Å². The van der Waals surface area contributed by atoms with Crippen LogP contribution in [0.1, 0.15) is 78.1 Å². The van der Waals surface area contributed by atoms with Crippen LogP contribution in [0.25, 0.3) is 0 Å². The van der Waals surface area contributed by atoms with Crippen LogP contribution in [0.15, 0.2) is 23.8 Å². The lowest BCUT2D eigenvalue weighted by Crippen LogP contribution is -2.46. The minimum atomic E-state index is -0.670. The zero-order valence-electron chi connectivity index (χ0n) is 16.4. The summed E-state index contributed by atoms with van der Waals surface area (Å²) in [7, 11) is 0. The van der Waals surface area contributed by atoms with Gasteiger partial charge in [0.2, 0.25) is 0 Å². The lowest BCUT2D eigenvalue weighted by molar-refractivity contribution is -0.137. The highest BCUT2D eigenvalue weighted by molar-refractivity contribution is 5.91.